The van der Waals surface area contributed by atoms with Crippen LogP contribution in [0, 0.1) is 16.7 Å². The molecule has 1 N–H and O–H groups in total. The molecule has 0 aliphatic heterocycles. The van der Waals surface area contributed by atoms with Crippen molar-refractivity contribution in [2.24, 2.45) is 4.99 Å². The monoisotopic (exact) mass is 233 g/mol. The lowest BCUT2D eigenvalue weighted by Crippen LogP contribution is -1.95. The Kier molecular flexibility index (Phi) is 3.62. The van der Waals surface area contributed by atoms with Crippen LogP contribution in [0.15, 0.2) is 59.6 Å². The average Bonchev–Trinajstić information content (AvgIpc) is 2.46. The number of rotatable bonds is 2. The van der Waals surface area contributed by atoms with Crippen LogP contribution in [0.4, 0.5) is 0 Å². The largest absolute Gasteiger partial charge is 0.282 e. The van der Waals surface area contributed by atoms with Gasteiger partial charge in [0.2, 0.25) is 0 Å². The van der Waals surface area contributed by atoms with Crippen molar-refractivity contribution in [1.82, 2.24) is 0 Å². The van der Waals surface area contributed by atoms with Gasteiger partial charge in [-0.1, -0.05) is 42.5 Å². The summed E-state index contributed by atoms with van der Waals surface area (Å²) >= 11 is 0. The van der Waals surface area contributed by atoms with Crippen molar-refractivity contribution in [3.05, 3.63) is 71.3 Å². The first-order valence-electron chi connectivity index (χ1n) is 5.48. The number of hydrogen-bond acceptors (Lipinski definition) is 2. The van der Waals surface area contributed by atoms with Gasteiger partial charge in [0.25, 0.3) is 0 Å². The van der Waals surface area contributed by atoms with E-state index in [1.807, 2.05) is 36.4 Å². The van der Waals surface area contributed by atoms with Crippen molar-refractivity contribution in [3.8, 4) is 6.07 Å². The molecule has 18 heavy (non-hydrogen) atoms. The highest BCUT2D eigenvalue weighted by Crippen LogP contribution is 2.04. The molecule has 0 saturated heterocycles. The van der Waals surface area contributed by atoms with Crippen molar-refractivity contribution < 1.29 is 0 Å². The Labute approximate surface area is 106 Å². The summed E-state index contributed by atoms with van der Waals surface area (Å²) in [5, 5.41) is 16.6. The lowest BCUT2D eigenvalue weighted by Gasteiger charge is -1.97. The van der Waals surface area contributed by atoms with E-state index in [4.69, 9.17) is 10.7 Å². The summed E-state index contributed by atoms with van der Waals surface area (Å²) in [7, 11) is 0. The van der Waals surface area contributed by atoms with Crippen LogP contribution in [0.3, 0.4) is 0 Å². The standard InChI is InChI=1S/C15H11N3/c16-10-12-5-4-6-13(9-12)11-18-15(17)14-7-2-1-3-8-14/h1-9,11,17H. The zero-order valence-electron chi connectivity index (χ0n) is 9.67. The summed E-state index contributed by atoms with van der Waals surface area (Å²) in [4.78, 5) is 4.09. The summed E-state index contributed by atoms with van der Waals surface area (Å²) in [6, 6.07) is 18.5. The third kappa shape index (κ3) is 2.89. The van der Waals surface area contributed by atoms with Crippen LogP contribution in [-0.2, 0) is 0 Å². The molecule has 0 spiro atoms. The molecule has 0 bridgehead atoms. The zero-order chi connectivity index (χ0) is 12.8. The molecule has 0 radical (unpaired) electrons. The fraction of sp³-hybridized carbons (Fsp3) is 0. The van der Waals surface area contributed by atoms with Gasteiger partial charge in [-0.05, 0) is 17.7 Å². The second-order valence-electron chi connectivity index (χ2n) is 3.71. The Morgan fingerprint density at radius 3 is 2.61 bits per heavy atom. The molecular weight excluding hydrogens is 222 g/mol. The number of aliphatic imine (C=N–C) groups is 1. The summed E-state index contributed by atoms with van der Waals surface area (Å²) in [6.07, 6.45) is 1.59. The quantitative estimate of drug-likeness (QED) is 0.629. The Hall–Kier alpha value is -2.73. The smallest absolute Gasteiger partial charge is 0.151 e. The van der Waals surface area contributed by atoms with Gasteiger partial charge in [-0.2, -0.15) is 5.26 Å². The van der Waals surface area contributed by atoms with E-state index in [9.17, 15) is 0 Å². The van der Waals surface area contributed by atoms with E-state index < -0.39 is 0 Å². The molecule has 86 valence electrons. The number of amidine groups is 1. The van der Waals surface area contributed by atoms with E-state index in [-0.39, 0.29) is 5.84 Å². The summed E-state index contributed by atoms with van der Waals surface area (Å²) in [6.45, 7) is 0. The molecule has 0 heterocycles. The number of nitrogens with one attached hydrogen (secondary N) is 1. The predicted octanol–water partition coefficient (Wildman–Crippen LogP) is 3.00. The van der Waals surface area contributed by atoms with E-state index in [0.717, 1.165) is 11.1 Å². The number of nitrogens with zero attached hydrogens (tertiary/aromatic N) is 2. The summed E-state index contributed by atoms with van der Waals surface area (Å²) < 4.78 is 0. The molecule has 2 rings (SSSR count). The average molecular weight is 233 g/mol. The minimum atomic E-state index is 0.206. The van der Waals surface area contributed by atoms with Gasteiger partial charge in [0, 0.05) is 11.8 Å². The Bertz CT molecular complexity index is 622. The molecule has 2 aromatic carbocycles. The highest BCUT2D eigenvalue weighted by Gasteiger charge is 1.97. The predicted molar refractivity (Wildman–Crippen MR) is 72.0 cm³/mol. The maximum atomic E-state index is 8.78. The fourth-order valence-corrected chi connectivity index (χ4v) is 1.50. The second-order valence-corrected chi connectivity index (χ2v) is 3.71. The van der Waals surface area contributed by atoms with Crippen LogP contribution < -0.4 is 0 Å². The highest BCUT2D eigenvalue weighted by molar-refractivity contribution is 6.03. The van der Waals surface area contributed by atoms with Gasteiger partial charge in [0.15, 0.2) is 5.84 Å². The van der Waals surface area contributed by atoms with Gasteiger partial charge in [-0.25, -0.2) is 4.99 Å². The van der Waals surface area contributed by atoms with Crippen LogP contribution in [0.25, 0.3) is 0 Å². The third-order valence-corrected chi connectivity index (χ3v) is 2.41. The Morgan fingerprint density at radius 1 is 1.11 bits per heavy atom. The Balaban J connectivity index is 2.16. The number of hydrogen-bond donors (Lipinski definition) is 1. The Morgan fingerprint density at radius 2 is 1.89 bits per heavy atom. The van der Waals surface area contributed by atoms with Gasteiger partial charge < -0.3 is 0 Å². The highest BCUT2D eigenvalue weighted by atomic mass is 14.8. The van der Waals surface area contributed by atoms with Crippen LogP contribution in [0.1, 0.15) is 16.7 Å². The number of nitriles is 1. The molecule has 0 amide bonds. The van der Waals surface area contributed by atoms with Crippen LogP contribution in [0.5, 0.6) is 0 Å². The topological polar surface area (TPSA) is 60.0 Å². The van der Waals surface area contributed by atoms with Crippen molar-refractivity contribution in [2.45, 2.75) is 0 Å². The van der Waals surface area contributed by atoms with Crippen molar-refractivity contribution in [3.63, 3.8) is 0 Å². The minimum Gasteiger partial charge on any atom is -0.282 e. The lowest BCUT2D eigenvalue weighted by atomic mass is 10.1. The van der Waals surface area contributed by atoms with E-state index >= 15 is 0 Å². The van der Waals surface area contributed by atoms with Gasteiger partial charge in [0.05, 0.1) is 11.6 Å². The van der Waals surface area contributed by atoms with E-state index in [2.05, 4.69) is 11.1 Å². The minimum absolute atomic E-state index is 0.206. The van der Waals surface area contributed by atoms with E-state index in [0.29, 0.717) is 5.56 Å². The maximum Gasteiger partial charge on any atom is 0.151 e. The van der Waals surface area contributed by atoms with Crippen molar-refractivity contribution in [2.75, 3.05) is 0 Å². The first kappa shape index (κ1) is 11.7. The van der Waals surface area contributed by atoms with Gasteiger partial charge in [0.1, 0.15) is 0 Å². The molecule has 0 atom stereocenters. The van der Waals surface area contributed by atoms with Crippen molar-refractivity contribution >= 4 is 12.1 Å². The van der Waals surface area contributed by atoms with Crippen LogP contribution in [0.2, 0.25) is 0 Å². The molecule has 3 nitrogen and oxygen atoms in total. The molecule has 0 saturated carbocycles. The molecular formula is C15H11N3. The lowest BCUT2D eigenvalue weighted by molar-refractivity contribution is 1.42. The van der Waals surface area contributed by atoms with Gasteiger partial charge in [-0.3, -0.25) is 5.41 Å². The number of benzene rings is 2. The maximum absolute atomic E-state index is 8.78. The second kappa shape index (κ2) is 5.55. The molecule has 3 heteroatoms. The summed E-state index contributed by atoms with van der Waals surface area (Å²) in [5.74, 6) is 0.206. The zero-order valence-corrected chi connectivity index (χ0v) is 9.67. The molecule has 2 aromatic rings. The molecule has 0 unspecified atom stereocenters. The normalized spacial score (nSPS) is 10.2. The molecule has 0 aromatic heterocycles. The molecule has 0 fully saturated rings. The van der Waals surface area contributed by atoms with Gasteiger partial charge >= 0.3 is 0 Å². The SMILES string of the molecule is N#Cc1cccc(C=NC(=N)c2ccccc2)c1. The van der Waals surface area contributed by atoms with Gasteiger partial charge in [-0.15, -0.1) is 0 Å². The summed E-state index contributed by atoms with van der Waals surface area (Å²) in [5.41, 5.74) is 2.17. The first-order chi connectivity index (χ1) is 8.79. The first-order valence-corrected chi connectivity index (χ1v) is 5.48. The van der Waals surface area contributed by atoms with Crippen LogP contribution in [-0.4, -0.2) is 12.1 Å². The fourth-order valence-electron chi connectivity index (χ4n) is 1.50. The van der Waals surface area contributed by atoms with E-state index in [1.54, 1.807) is 24.4 Å². The van der Waals surface area contributed by atoms with Crippen LogP contribution >= 0.6 is 0 Å². The molecule has 0 aliphatic rings. The third-order valence-electron chi connectivity index (χ3n) is 2.41. The van der Waals surface area contributed by atoms with Crippen molar-refractivity contribution in [1.29, 1.82) is 10.7 Å². The molecule has 0 aliphatic carbocycles. The van der Waals surface area contributed by atoms with E-state index in [1.165, 1.54) is 0 Å².